The predicted octanol–water partition coefficient (Wildman–Crippen LogP) is 2.24. The van der Waals surface area contributed by atoms with Crippen molar-refractivity contribution < 1.29 is 23.9 Å². The van der Waals surface area contributed by atoms with Gasteiger partial charge in [-0.3, -0.25) is 14.4 Å². The first kappa shape index (κ1) is 23.5. The lowest BCUT2D eigenvalue weighted by Gasteiger charge is -2.23. The van der Waals surface area contributed by atoms with Crippen LogP contribution in [-0.4, -0.2) is 42.3 Å². The van der Waals surface area contributed by atoms with Gasteiger partial charge in [-0.25, -0.2) is 4.79 Å². The number of benzene rings is 1. The van der Waals surface area contributed by atoms with Crippen LogP contribution in [0, 0.1) is 11.8 Å². The highest BCUT2D eigenvalue weighted by molar-refractivity contribution is 5.88. The Hall–Kier alpha value is -3.16. The highest BCUT2D eigenvalue weighted by Crippen LogP contribution is 2.33. The van der Waals surface area contributed by atoms with Gasteiger partial charge < -0.3 is 20.7 Å². The normalized spacial score (nSPS) is 19.8. The number of hydrogen-bond donors (Lipinski definition) is 3. The van der Waals surface area contributed by atoms with E-state index in [0.29, 0.717) is 31.7 Å². The Kier molecular flexibility index (Phi) is 8.41. The molecule has 172 valence electrons. The fourth-order valence-electron chi connectivity index (χ4n) is 3.72. The van der Waals surface area contributed by atoms with Crippen LogP contribution in [0.1, 0.15) is 44.6 Å². The molecule has 8 heteroatoms. The Balaban J connectivity index is 1.59. The molecule has 32 heavy (non-hydrogen) atoms. The van der Waals surface area contributed by atoms with Crippen molar-refractivity contribution in [2.75, 3.05) is 6.54 Å². The largest absolute Gasteiger partial charge is 0.445 e. The minimum atomic E-state index is -0.739. The summed E-state index contributed by atoms with van der Waals surface area (Å²) in [6, 6.07) is 8.09. The summed E-state index contributed by atoms with van der Waals surface area (Å²) in [4.78, 5) is 48.7. The zero-order valence-electron chi connectivity index (χ0n) is 18.3. The molecular formula is C24H31N3O5. The van der Waals surface area contributed by atoms with E-state index in [2.05, 4.69) is 16.0 Å². The van der Waals surface area contributed by atoms with Gasteiger partial charge in [0.25, 0.3) is 0 Å². The first-order valence-corrected chi connectivity index (χ1v) is 11.1. The summed E-state index contributed by atoms with van der Waals surface area (Å²) >= 11 is 0. The van der Waals surface area contributed by atoms with Gasteiger partial charge in [-0.1, -0.05) is 49.2 Å². The molecule has 3 N–H and O–H groups in total. The average molecular weight is 442 g/mol. The van der Waals surface area contributed by atoms with E-state index in [9.17, 15) is 19.2 Å². The number of alkyl carbamates (subject to hydrolysis) is 1. The van der Waals surface area contributed by atoms with Crippen LogP contribution >= 0.6 is 0 Å². The summed E-state index contributed by atoms with van der Waals surface area (Å²) in [6.45, 7) is 2.16. The maximum absolute atomic E-state index is 13.0. The number of ketones is 1. The monoisotopic (exact) mass is 441 g/mol. The average Bonchev–Trinajstić information content (AvgIpc) is 3.50. The lowest BCUT2D eigenvalue weighted by atomic mass is 9.97. The van der Waals surface area contributed by atoms with Crippen molar-refractivity contribution in [3.8, 4) is 0 Å². The fourth-order valence-corrected chi connectivity index (χ4v) is 3.72. The minimum Gasteiger partial charge on any atom is -0.445 e. The zero-order chi connectivity index (χ0) is 22.9. The van der Waals surface area contributed by atoms with Gasteiger partial charge in [-0.2, -0.15) is 0 Å². The molecular weight excluding hydrogens is 410 g/mol. The quantitative estimate of drug-likeness (QED) is 0.456. The van der Waals surface area contributed by atoms with Crippen molar-refractivity contribution in [2.24, 2.45) is 11.8 Å². The molecule has 0 bridgehead atoms. The number of carbonyl (C=O) groups is 4. The van der Waals surface area contributed by atoms with Crippen LogP contribution in [0.25, 0.3) is 0 Å². The third-order valence-electron chi connectivity index (χ3n) is 5.68. The van der Waals surface area contributed by atoms with Crippen LogP contribution < -0.4 is 16.0 Å². The standard InChI is InChI=1S/C24H31N3O5/c1-16(28)7-10-20(14-19-11-12-25-22(19)29)26-23(30)21(13-17-8-9-17)27-24(31)32-15-18-5-3-2-4-6-18/h2-7,10,17,19-21H,8-9,11-15H2,1H3,(H,25,29)(H,26,30)(H,27,31)/b10-7+/t19-,20+,21-/m0/s1. The van der Waals surface area contributed by atoms with E-state index in [0.717, 1.165) is 18.4 Å². The molecule has 1 aliphatic heterocycles. The third-order valence-corrected chi connectivity index (χ3v) is 5.68. The highest BCUT2D eigenvalue weighted by Gasteiger charge is 2.33. The van der Waals surface area contributed by atoms with Crippen molar-refractivity contribution in [2.45, 2.75) is 57.7 Å². The first-order valence-electron chi connectivity index (χ1n) is 11.1. The second kappa shape index (κ2) is 11.5. The third kappa shape index (κ3) is 7.83. The van der Waals surface area contributed by atoms with Crippen LogP contribution in [0.15, 0.2) is 42.5 Å². The molecule has 1 heterocycles. The molecule has 2 fully saturated rings. The molecule has 0 unspecified atom stereocenters. The summed E-state index contributed by atoms with van der Waals surface area (Å²) in [5.41, 5.74) is 0.857. The van der Waals surface area contributed by atoms with E-state index in [1.54, 1.807) is 6.08 Å². The second-order valence-electron chi connectivity index (χ2n) is 8.53. The lowest BCUT2D eigenvalue weighted by molar-refractivity contribution is -0.125. The molecule has 1 saturated carbocycles. The molecule has 0 spiro atoms. The van der Waals surface area contributed by atoms with E-state index >= 15 is 0 Å². The van der Waals surface area contributed by atoms with Crippen molar-refractivity contribution in [3.05, 3.63) is 48.0 Å². The van der Waals surface area contributed by atoms with Crippen LogP contribution in [-0.2, 0) is 25.7 Å². The van der Waals surface area contributed by atoms with Gasteiger partial charge in [0.05, 0.1) is 0 Å². The number of ether oxygens (including phenoxy) is 1. The van der Waals surface area contributed by atoms with Gasteiger partial charge in [0.15, 0.2) is 5.78 Å². The van der Waals surface area contributed by atoms with Crippen molar-refractivity contribution in [1.29, 1.82) is 0 Å². The first-order chi connectivity index (χ1) is 15.4. The van der Waals surface area contributed by atoms with Gasteiger partial charge in [0.1, 0.15) is 12.6 Å². The molecule has 3 rings (SSSR count). The maximum Gasteiger partial charge on any atom is 0.408 e. The van der Waals surface area contributed by atoms with E-state index < -0.39 is 18.2 Å². The van der Waals surface area contributed by atoms with Crippen molar-refractivity contribution >= 4 is 23.7 Å². The molecule has 1 aromatic carbocycles. The SMILES string of the molecule is CC(=O)/C=C/[C@H](C[C@@H]1CCNC1=O)NC(=O)[C@H](CC1CC1)NC(=O)OCc1ccccc1. The van der Waals surface area contributed by atoms with Gasteiger partial charge in [0.2, 0.25) is 11.8 Å². The number of hydrogen-bond acceptors (Lipinski definition) is 5. The number of amides is 3. The van der Waals surface area contributed by atoms with E-state index in [4.69, 9.17) is 4.74 Å². The lowest BCUT2D eigenvalue weighted by Crippen LogP contribution is -2.50. The summed E-state index contributed by atoms with van der Waals surface area (Å²) in [7, 11) is 0. The Labute approximate surface area is 188 Å². The fraction of sp³-hybridized carbons (Fsp3) is 0.500. The van der Waals surface area contributed by atoms with Crippen molar-refractivity contribution in [1.82, 2.24) is 16.0 Å². The molecule has 0 aromatic heterocycles. The second-order valence-corrected chi connectivity index (χ2v) is 8.53. The molecule has 8 nitrogen and oxygen atoms in total. The molecule has 1 aromatic rings. The number of allylic oxidation sites excluding steroid dienone is 1. The molecule has 1 aliphatic carbocycles. The van der Waals surface area contributed by atoms with Gasteiger partial charge in [-0.15, -0.1) is 0 Å². The van der Waals surface area contributed by atoms with Crippen LogP contribution in [0.2, 0.25) is 0 Å². The number of nitrogens with one attached hydrogen (secondary N) is 3. The van der Waals surface area contributed by atoms with Crippen LogP contribution in [0.4, 0.5) is 4.79 Å². The van der Waals surface area contributed by atoms with E-state index in [1.807, 2.05) is 30.3 Å². The Bertz CT molecular complexity index is 850. The smallest absolute Gasteiger partial charge is 0.408 e. The van der Waals surface area contributed by atoms with Gasteiger partial charge >= 0.3 is 6.09 Å². The topological polar surface area (TPSA) is 114 Å². The van der Waals surface area contributed by atoms with Crippen LogP contribution in [0.5, 0.6) is 0 Å². The molecule has 0 radical (unpaired) electrons. The molecule has 1 saturated heterocycles. The molecule has 3 atom stereocenters. The summed E-state index contributed by atoms with van der Waals surface area (Å²) in [6.07, 6.45) is 6.04. The van der Waals surface area contributed by atoms with E-state index in [-0.39, 0.29) is 30.1 Å². The number of rotatable bonds is 11. The minimum absolute atomic E-state index is 0.0439. The Morgan fingerprint density at radius 2 is 1.88 bits per heavy atom. The maximum atomic E-state index is 13.0. The van der Waals surface area contributed by atoms with Gasteiger partial charge in [0, 0.05) is 18.5 Å². The van der Waals surface area contributed by atoms with Gasteiger partial charge in [-0.05, 0) is 43.7 Å². The summed E-state index contributed by atoms with van der Waals surface area (Å²) in [5, 5.41) is 8.38. The molecule has 3 amide bonds. The predicted molar refractivity (Wildman–Crippen MR) is 118 cm³/mol. The summed E-state index contributed by atoms with van der Waals surface area (Å²) in [5.74, 6) is -0.352. The highest BCUT2D eigenvalue weighted by atomic mass is 16.5. The zero-order valence-corrected chi connectivity index (χ0v) is 18.3. The molecule has 2 aliphatic rings. The summed E-state index contributed by atoms with van der Waals surface area (Å²) < 4.78 is 5.27. The van der Waals surface area contributed by atoms with Crippen molar-refractivity contribution in [3.63, 3.8) is 0 Å². The van der Waals surface area contributed by atoms with Crippen LogP contribution in [0.3, 0.4) is 0 Å². The Morgan fingerprint density at radius 3 is 2.50 bits per heavy atom. The number of carbonyl (C=O) groups excluding carboxylic acids is 4. The van der Waals surface area contributed by atoms with E-state index in [1.165, 1.54) is 13.0 Å². The Morgan fingerprint density at radius 1 is 1.12 bits per heavy atom.